The lowest BCUT2D eigenvalue weighted by molar-refractivity contribution is -0.127. The van der Waals surface area contributed by atoms with Gasteiger partial charge in [0, 0.05) is 34.8 Å². The van der Waals surface area contributed by atoms with Gasteiger partial charge in [-0.05, 0) is 31.0 Å². The molecule has 0 aromatic heterocycles. The monoisotopic (exact) mass is 347 g/mol. The van der Waals surface area contributed by atoms with Gasteiger partial charge < -0.3 is 10.0 Å². The number of benzene rings is 1. The molecule has 0 saturated carbocycles. The third kappa shape index (κ3) is 4.78. The molecule has 0 spiro atoms. The van der Waals surface area contributed by atoms with E-state index in [1.54, 1.807) is 30.8 Å². The van der Waals surface area contributed by atoms with E-state index in [4.69, 9.17) is 23.2 Å². The largest absolute Gasteiger partial charge is 0.393 e. The van der Waals surface area contributed by atoms with E-state index in [0.717, 1.165) is 18.5 Å². The normalized spacial score (nSPS) is 19.8. The van der Waals surface area contributed by atoms with Gasteiger partial charge in [-0.15, -0.1) is 11.8 Å². The first-order chi connectivity index (χ1) is 9.97. The number of hydrogen-bond donors (Lipinski definition) is 1. The van der Waals surface area contributed by atoms with Gasteiger partial charge in [-0.3, -0.25) is 4.79 Å². The number of aliphatic hydroxyl groups is 1. The topological polar surface area (TPSA) is 40.5 Å². The molecule has 21 heavy (non-hydrogen) atoms. The van der Waals surface area contributed by atoms with Crippen LogP contribution in [-0.2, 0) is 10.5 Å². The fourth-order valence-corrected chi connectivity index (χ4v) is 3.87. The Morgan fingerprint density at radius 3 is 2.90 bits per heavy atom. The Hall–Kier alpha value is -0.420. The van der Waals surface area contributed by atoms with Crippen LogP contribution < -0.4 is 0 Å². The number of hydrogen-bond acceptors (Lipinski definition) is 3. The summed E-state index contributed by atoms with van der Waals surface area (Å²) in [4.78, 5) is 14.0. The van der Waals surface area contributed by atoms with Crippen molar-refractivity contribution < 1.29 is 9.90 Å². The Kier molecular flexibility index (Phi) is 6.23. The molecule has 116 valence electrons. The van der Waals surface area contributed by atoms with Gasteiger partial charge in [-0.1, -0.05) is 29.3 Å². The van der Waals surface area contributed by atoms with E-state index < -0.39 is 0 Å². The highest BCUT2D eigenvalue weighted by Crippen LogP contribution is 2.25. The summed E-state index contributed by atoms with van der Waals surface area (Å²) >= 11 is 13.5. The molecule has 0 radical (unpaired) electrons. The van der Waals surface area contributed by atoms with Crippen LogP contribution in [-0.4, -0.2) is 40.9 Å². The first-order valence-corrected chi connectivity index (χ1v) is 8.86. The van der Waals surface area contributed by atoms with Crippen LogP contribution in [0.3, 0.4) is 0 Å². The van der Waals surface area contributed by atoms with Crippen LogP contribution in [0.4, 0.5) is 0 Å². The molecule has 0 aliphatic carbocycles. The quantitative estimate of drug-likeness (QED) is 0.886. The average Bonchev–Trinajstić information content (AvgIpc) is 2.91. The van der Waals surface area contributed by atoms with Crippen LogP contribution in [0, 0.1) is 5.92 Å². The highest BCUT2D eigenvalue weighted by Gasteiger charge is 2.28. The van der Waals surface area contributed by atoms with E-state index in [2.05, 4.69) is 0 Å². The van der Waals surface area contributed by atoms with Crippen molar-refractivity contribution in [3.8, 4) is 0 Å². The number of rotatable bonds is 5. The standard InChI is InChI=1S/C15H19Cl2NO2S/c1-10(19)11-4-5-18(7-11)15(20)9-21-8-12-2-3-13(16)6-14(12)17/h2-3,6,10-11,19H,4-5,7-9H2,1H3. The molecular formula is C15H19Cl2NO2S. The molecule has 1 saturated heterocycles. The Balaban J connectivity index is 1.77. The second-order valence-electron chi connectivity index (χ2n) is 5.36. The smallest absolute Gasteiger partial charge is 0.232 e. The highest BCUT2D eigenvalue weighted by atomic mass is 35.5. The van der Waals surface area contributed by atoms with Crippen LogP contribution in [0.5, 0.6) is 0 Å². The minimum Gasteiger partial charge on any atom is -0.393 e. The second-order valence-corrected chi connectivity index (χ2v) is 7.19. The predicted octanol–water partition coefficient (Wildman–Crippen LogP) is 3.46. The molecule has 2 rings (SSSR count). The molecular weight excluding hydrogens is 329 g/mol. The SMILES string of the molecule is CC(O)C1CCN(C(=O)CSCc2ccc(Cl)cc2Cl)C1. The molecule has 1 aromatic rings. The molecule has 1 aromatic carbocycles. The summed E-state index contributed by atoms with van der Waals surface area (Å²) in [5.41, 5.74) is 0.988. The molecule has 2 atom stereocenters. The van der Waals surface area contributed by atoms with Gasteiger partial charge in [0.2, 0.25) is 5.91 Å². The lowest BCUT2D eigenvalue weighted by atomic mass is 10.0. The zero-order valence-corrected chi connectivity index (χ0v) is 14.2. The molecule has 0 bridgehead atoms. The minimum atomic E-state index is -0.344. The molecule has 1 aliphatic rings. The predicted molar refractivity (Wildman–Crippen MR) is 89.0 cm³/mol. The number of halogens is 2. The van der Waals surface area contributed by atoms with E-state index in [-0.39, 0.29) is 17.9 Å². The van der Waals surface area contributed by atoms with E-state index in [0.29, 0.717) is 28.1 Å². The van der Waals surface area contributed by atoms with Crippen LogP contribution >= 0.6 is 35.0 Å². The third-order valence-electron chi connectivity index (χ3n) is 3.76. The van der Waals surface area contributed by atoms with Crippen LogP contribution in [0.1, 0.15) is 18.9 Å². The van der Waals surface area contributed by atoms with Crippen molar-refractivity contribution in [2.24, 2.45) is 5.92 Å². The average molecular weight is 348 g/mol. The lowest BCUT2D eigenvalue weighted by Gasteiger charge is -2.17. The van der Waals surface area contributed by atoms with Gasteiger partial charge in [0.25, 0.3) is 0 Å². The summed E-state index contributed by atoms with van der Waals surface area (Å²) in [6.45, 7) is 3.20. The van der Waals surface area contributed by atoms with Crippen molar-refractivity contribution in [2.45, 2.75) is 25.2 Å². The molecule has 1 heterocycles. The van der Waals surface area contributed by atoms with Crippen LogP contribution in [0.25, 0.3) is 0 Å². The molecule has 2 unspecified atom stereocenters. The van der Waals surface area contributed by atoms with Crippen molar-refractivity contribution in [1.29, 1.82) is 0 Å². The van der Waals surface area contributed by atoms with Gasteiger partial charge in [-0.25, -0.2) is 0 Å². The molecule has 1 fully saturated rings. The maximum Gasteiger partial charge on any atom is 0.232 e. The fourth-order valence-electron chi connectivity index (χ4n) is 2.39. The van der Waals surface area contributed by atoms with Crippen molar-refractivity contribution in [1.82, 2.24) is 4.90 Å². The van der Waals surface area contributed by atoms with Crippen LogP contribution in [0.2, 0.25) is 10.0 Å². The maximum absolute atomic E-state index is 12.1. The van der Waals surface area contributed by atoms with Crippen LogP contribution in [0.15, 0.2) is 18.2 Å². The lowest BCUT2D eigenvalue weighted by Crippen LogP contribution is -2.31. The van der Waals surface area contributed by atoms with Gasteiger partial charge in [0.15, 0.2) is 0 Å². The number of carbonyl (C=O) groups is 1. The number of aliphatic hydroxyl groups excluding tert-OH is 1. The Morgan fingerprint density at radius 1 is 1.52 bits per heavy atom. The van der Waals surface area contributed by atoms with E-state index in [9.17, 15) is 9.90 Å². The van der Waals surface area contributed by atoms with Gasteiger partial charge in [-0.2, -0.15) is 0 Å². The van der Waals surface area contributed by atoms with Gasteiger partial charge >= 0.3 is 0 Å². The van der Waals surface area contributed by atoms with Crippen molar-refractivity contribution in [2.75, 3.05) is 18.8 Å². The Labute approximate surface area is 139 Å². The molecule has 6 heteroatoms. The first kappa shape index (κ1) is 16.9. The zero-order valence-electron chi connectivity index (χ0n) is 11.9. The second kappa shape index (κ2) is 7.73. The summed E-state index contributed by atoms with van der Waals surface area (Å²) in [6.07, 6.45) is 0.542. The zero-order chi connectivity index (χ0) is 15.4. The summed E-state index contributed by atoms with van der Waals surface area (Å²) in [6, 6.07) is 5.41. The van der Waals surface area contributed by atoms with Crippen molar-refractivity contribution in [3.05, 3.63) is 33.8 Å². The van der Waals surface area contributed by atoms with Crippen molar-refractivity contribution in [3.63, 3.8) is 0 Å². The molecule has 1 N–H and O–H groups in total. The number of likely N-dealkylation sites (tertiary alicyclic amines) is 1. The number of thioether (sulfide) groups is 1. The summed E-state index contributed by atoms with van der Waals surface area (Å²) in [7, 11) is 0. The van der Waals surface area contributed by atoms with E-state index in [1.807, 2.05) is 11.0 Å². The number of nitrogens with zero attached hydrogens (tertiary/aromatic N) is 1. The molecule has 3 nitrogen and oxygen atoms in total. The highest BCUT2D eigenvalue weighted by molar-refractivity contribution is 7.99. The fraction of sp³-hybridized carbons (Fsp3) is 0.533. The number of carbonyl (C=O) groups excluding carboxylic acids is 1. The maximum atomic E-state index is 12.1. The Morgan fingerprint density at radius 2 is 2.29 bits per heavy atom. The molecule has 1 amide bonds. The van der Waals surface area contributed by atoms with Gasteiger partial charge in [0.1, 0.15) is 0 Å². The Bertz CT molecular complexity index is 510. The van der Waals surface area contributed by atoms with Crippen molar-refractivity contribution >= 4 is 40.9 Å². The summed E-state index contributed by atoms with van der Waals surface area (Å²) in [5.74, 6) is 1.47. The van der Waals surface area contributed by atoms with Gasteiger partial charge in [0.05, 0.1) is 11.9 Å². The minimum absolute atomic E-state index is 0.133. The third-order valence-corrected chi connectivity index (χ3v) is 5.31. The molecule has 1 aliphatic heterocycles. The van der Waals surface area contributed by atoms with E-state index >= 15 is 0 Å². The number of amides is 1. The first-order valence-electron chi connectivity index (χ1n) is 6.95. The summed E-state index contributed by atoms with van der Waals surface area (Å²) in [5, 5.41) is 10.8. The van der Waals surface area contributed by atoms with E-state index in [1.165, 1.54) is 0 Å². The summed E-state index contributed by atoms with van der Waals surface area (Å²) < 4.78 is 0.